The zero-order chi connectivity index (χ0) is 12.1. The fraction of sp³-hybridized carbons (Fsp3) is 0.900. The van der Waals surface area contributed by atoms with E-state index in [1.54, 1.807) is 0 Å². The molecule has 1 heterocycles. The number of aliphatic hydroxyl groups excluding tert-OH is 3. The molecule has 1 aliphatic rings. The van der Waals surface area contributed by atoms with Crippen LogP contribution >= 0.6 is 0 Å². The van der Waals surface area contributed by atoms with Crippen LogP contribution in [-0.2, 0) is 9.53 Å². The number of aliphatic hydroxyl groups is 3. The average molecular weight is 233 g/mol. The van der Waals surface area contributed by atoms with Gasteiger partial charge in [-0.25, -0.2) is 0 Å². The highest BCUT2D eigenvalue weighted by molar-refractivity contribution is 5.75. The molecule has 0 saturated carbocycles. The predicted molar refractivity (Wildman–Crippen MR) is 55.7 cm³/mol. The molecule has 1 amide bonds. The molecule has 6 nitrogen and oxygen atoms in total. The van der Waals surface area contributed by atoms with Gasteiger partial charge in [0.05, 0.1) is 6.61 Å². The molecule has 0 aromatic heterocycles. The number of hydrogen-bond donors (Lipinski definition) is 4. The van der Waals surface area contributed by atoms with Gasteiger partial charge in [0.1, 0.15) is 24.4 Å². The Labute approximate surface area is 94.2 Å². The highest BCUT2D eigenvalue weighted by atomic mass is 16.6. The minimum atomic E-state index is -1.10. The second-order valence-electron chi connectivity index (χ2n) is 3.93. The Balaban J connectivity index is 2.35. The third-order valence-electron chi connectivity index (χ3n) is 2.62. The summed E-state index contributed by atoms with van der Waals surface area (Å²) in [6.45, 7) is 1.69. The van der Waals surface area contributed by atoms with Gasteiger partial charge in [-0.1, -0.05) is 6.92 Å². The first kappa shape index (κ1) is 13.4. The van der Waals surface area contributed by atoms with Crippen molar-refractivity contribution >= 4 is 5.91 Å². The lowest BCUT2D eigenvalue weighted by Gasteiger charge is -2.15. The molecule has 0 radical (unpaired) electrons. The summed E-state index contributed by atoms with van der Waals surface area (Å²) in [5.74, 6) is -0.111. The van der Waals surface area contributed by atoms with Gasteiger partial charge < -0.3 is 25.4 Å². The second kappa shape index (κ2) is 6.15. The Morgan fingerprint density at radius 2 is 1.94 bits per heavy atom. The van der Waals surface area contributed by atoms with Gasteiger partial charge in [0, 0.05) is 13.0 Å². The van der Waals surface area contributed by atoms with E-state index in [-0.39, 0.29) is 19.1 Å². The Morgan fingerprint density at radius 3 is 2.44 bits per heavy atom. The van der Waals surface area contributed by atoms with Crippen LogP contribution in [0.3, 0.4) is 0 Å². The summed E-state index contributed by atoms with van der Waals surface area (Å²) in [6, 6.07) is 0. The number of rotatable bonds is 5. The maximum Gasteiger partial charge on any atom is 0.220 e. The van der Waals surface area contributed by atoms with Crippen LogP contribution in [0.4, 0.5) is 0 Å². The monoisotopic (exact) mass is 233 g/mol. The largest absolute Gasteiger partial charge is 0.394 e. The summed E-state index contributed by atoms with van der Waals surface area (Å²) < 4.78 is 5.20. The van der Waals surface area contributed by atoms with E-state index < -0.39 is 24.4 Å². The number of nitrogens with one attached hydrogen (secondary N) is 1. The van der Waals surface area contributed by atoms with Crippen molar-refractivity contribution in [3.05, 3.63) is 0 Å². The Bertz CT molecular complexity index is 235. The zero-order valence-corrected chi connectivity index (χ0v) is 9.30. The maximum absolute atomic E-state index is 11.2. The van der Waals surface area contributed by atoms with Crippen molar-refractivity contribution in [3.63, 3.8) is 0 Å². The quantitative estimate of drug-likeness (QED) is 0.457. The van der Waals surface area contributed by atoms with Crippen molar-refractivity contribution in [1.82, 2.24) is 5.32 Å². The van der Waals surface area contributed by atoms with Gasteiger partial charge in [0.25, 0.3) is 0 Å². The van der Waals surface area contributed by atoms with Crippen LogP contribution < -0.4 is 5.32 Å². The highest BCUT2D eigenvalue weighted by Crippen LogP contribution is 2.20. The minimum Gasteiger partial charge on any atom is -0.394 e. The lowest BCUT2D eigenvalue weighted by atomic mass is 10.1. The van der Waals surface area contributed by atoms with E-state index in [9.17, 15) is 15.0 Å². The molecular weight excluding hydrogens is 214 g/mol. The van der Waals surface area contributed by atoms with Crippen molar-refractivity contribution in [1.29, 1.82) is 0 Å². The number of ether oxygens (including phenoxy) is 1. The topological polar surface area (TPSA) is 99.0 Å². The summed E-state index contributed by atoms with van der Waals surface area (Å²) in [7, 11) is 0. The van der Waals surface area contributed by atoms with Crippen LogP contribution in [0.5, 0.6) is 0 Å². The number of carbonyl (C=O) groups excluding carboxylic acids is 1. The van der Waals surface area contributed by atoms with Crippen molar-refractivity contribution in [3.8, 4) is 0 Å². The molecule has 4 N–H and O–H groups in total. The molecule has 1 aliphatic heterocycles. The van der Waals surface area contributed by atoms with Gasteiger partial charge in [0.2, 0.25) is 5.91 Å². The first-order valence-electron chi connectivity index (χ1n) is 5.49. The third kappa shape index (κ3) is 3.15. The Morgan fingerprint density at radius 1 is 1.31 bits per heavy atom. The Hall–Kier alpha value is -0.690. The van der Waals surface area contributed by atoms with E-state index in [2.05, 4.69) is 5.32 Å². The number of amides is 1. The number of carbonyl (C=O) groups is 1. The standard InChI is InChI=1S/C10H19NO5/c1-2-3-8(13)11-4-6-9(14)10(15)7(5-12)16-6/h6-7,9-10,12,14-15H,2-5H2,1H3,(H,11,13)/t6-,7+,9+,10+/m0/s1. The predicted octanol–water partition coefficient (Wildman–Crippen LogP) is -1.62. The molecule has 0 aliphatic carbocycles. The van der Waals surface area contributed by atoms with Gasteiger partial charge in [-0.15, -0.1) is 0 Å². The molecule has 1 saturated heterocycles. The van der Waals surface area contributed by atoms with Gasteiger partial charge >= 0.3 is 0 Å². The van der Waals surface area contributed by atoms with E-state index in [0.717, 1.165) is 6.42 Å². The van der Waals surface area contributed by atoms with Crippen molar-refractivity contribution in [2.75, 3.05) is 13.2 Å². The third-order valence-corrected chi connectivity index (χ3v) is 2.62. The van der Waals surface area contributed by atoms with Crippen LogP contribution in [0.25, 0.3) is 0 Å². The van der Waals surface area contributed by atoms with Crippen molar-refractivity contribution < 1.29 is 24.9 Å². The van der Waals surface area contributed by atoms with Gasteiger partial charge in [0.15, 0.2) is 0 Å². The van der Waals surface area contributed by atoms with E-state index in [1.165, 1.54) is 0 Å². The molecule has 16 heavy (non-hydrogen) atoms. The van der Waals surface area contributed by atoms with Crippen LogP contribution in [0.2, 0.25) is 0 Å². The summed E-state index contributed by atoms with van der Waals surface area (Å²) in [5.41, 5.74) is 0. The molecule has 4 atom stereocenters. The normalized spacial score (nSPS) is 34.0. The molecule has 6 heteroatoms. The molecule has 1 fully saturated rings. The van der Waals surface area contributed by atoms with Crippen LogP contribution in [0.1, 0.15) is 19.8 Å². The fourth-order valence-electron chi connectivity index (χ4n) is 1.68. The highest BCUT2D eigenvalue weighted by Gasteiger charge is 2.42. The van der Waals surface area contributed by atoms with E-state index in [0.29, 0.717) is 6.42 Å². The van der Waals surface area contributed by atoms with E-state index in [1.807, 2.05) is 6.92 Å². The second-order valence-corrected chi connectivity index (χ2v) is 3.93. The van der Waals surface area contributed by atoms with Crippen LogP contribution in [-0.4, -0.2) is 58.8 Å². The van der Waals surface area contributed by atoms with Crippen molar-refractivity contribution in [2.45, 2.75) is 44.2 Å². The lowest BCUT2D eigenvalue weighted by molar-refractivity contribution is -0.122. The van der Waals surface area contributed by atoms with Gasteiger partial charge in [-0.2, -0.15) is 0 Å². The minimum absolute atomic E-state index is 0.111. The summed E-state index contributed by atoms with van der Waals surface area (Å²) in [5, 5.41) is 30.5. The maximum atomic E-state index is 11.2. The van der Waals surface area contributed by atoms with Crippen molar-refractivity contribution in [2.24, 2.45) is 0 Å². The first-order valence-corrected chi connectivity index (χ1v) is 5.49. The molecule has 1 rings (SSSR count). The summed E-state index contributed by atoms with van der Waals surface area (Å²) >= 11 is 0. The zero-order valence-electron chi connectivity index (χ0n) is 9.30. The molecule has 0 bridgehead atoms. The molecule has 0 spiro atoms. The average Bonchev–Trinajstić information content (AvgIpc) is 2.54. The SMILES string of the molecule is CCCC(=O)NC[C@@H]1O[C@H](CO)[C@@H](O)[C@@H]1O. The smallest absolute Gasteiger partial charge is 0.220 e. The van der Waals surface area contributed by atoms with Crippen LogP contribution in [0.15, 0.2) is 0 Å². The molecule has 0 aromatic rings. The molecule has 0 aromatic carbocycles. The Kier molecular flexibility index (Phi) is 5.14. The summed E-state index contributed by atoms with van der Waals surface area (Å²) in [6.07, 6.45) is -2.43. The number of hydrogen-bond acceptors (Lipinski definition) is 5. The van der Waals surface area contributed by atoms with Gasteiger partial charge in [-0.3, -0.25) is 4.79 Å². The van der Waals surface area contributed by atoms with Gasteiger partial charge in [-0.05, 0) is 6.42 Å². The molecular formula is C10H19NO5. The van der Waals surface area contributed by atoms with E-state index in [4.69, 9.17) is 9.84 Å². The lowest BCUT2D eigenvalue weighted by Crippen LogP contribution is -2.39. The van der Waals surface area contributed by atoms with Crippen LogP contribution in [0, 0.1) is 0 Å². The molecule has 94 valence electrons. The van der Waals surface area contributed by atoms with E-state index >= 15 is 0 Å². The fourth-order valence-corrected chi connectivity index (χ4v) is 1.68. The summed E-state index contributed by atoms with van der Waals surface area (Å²) in [4.78, 5) is 11.2. The molecule has 0 unspecified atom stereocenters. The first-order chi connectivity index (χ1) is 7.60.